The van der Waals surface area contributed by atoms with E-state index < -0.39 is 0 Å². The summed E-state index contributed by atoms with van der Waals surface area (Å²) >= 11 is 5.96. The molecule has 4 heteroatoms. The van der Waals surface area contributed by atoms with Crippen molar-refractivity contribution in [3.8, 4) is 0 Å². The molecule has 98 valence electrons. The van der Waals surface area contributed by atoms with Crippen LogP contribution in [0, 0.1) is 0 Å². The average molecular weight is 275 g/mol. The molecule has 0 spiro atoms. The molecule has 0 radical (unpaired) electrons. The topological polar surface area (TPSA) is 33.2 Å². The molecular formula is C15H15ClN2O. The smallest absolute Gasteiger partial charge is 0.161 e. The van der Waals surface area contributed by atoms with Gasteiger partial charge in [-0.05, 0) is 36.8 Å². The number of benzene rings is 1. The van der Waals surface area contributed by atoms with Gasteiger partial charge in [0.15, 0.2) is 5.78 Å². The minimum Gasteiger partial charge on any atom is -0.355 e. The SMILES string of the molecule is CC(=O)c1ccc(N(C)Cc2cccc(Cl)c2)nc1. The quantitative estimate of drug-likeness (QED) is 0.799. The van der Waals surface area contributed by atoms with E-state index in [0.29, 0.717) is 12.1 Å². The van der Waals surface area contributed by atoms with Crippen LogP contribution in [0.25, 0.3) is 0 Å². The number of aromatic nitrogens is 1. The fourth-order valence-corrected chi connectivity index (χ4v) is 2.02. The molecular weight excluding hydrogens is 260 g/mol. The summed E-state index contributed by atoms with van der Waals surface area (Å²) in [6.45, 7) is 2.25. The van der Waals surface area contributed by atoms with Gasteiger partial charge >= 0.3 is 0 Å². The normalized spacial score (nSPS) is 10.3. The Hall–Kier alpha value is -1.87. The summed E-state index contributed by atoms with van der Waals surface area (Å²) in [5.41, 5.74) is 1.74. The Morgan fingerprint density at radius 2 is 2.11 bits per heavy atom. The van der Waals surface area contributed by atoms with Gasteiger partial charge in [-0.15, -0.1) is 0 Å². The first kappa shape index (κ1) is 13.6. The number of Topliss-reactive ketones (excluding diaryl/α,β-unsaturated/α-hetero) is 1. The van der Waals surface area contributed by atoms with Crippen molar-refractivity contribution in [3.63, 3.8) is 0 Å². The third-order valence-corrected chi connectivity index (χ3v) is 3.09. The van der Waals surface area contributed by atoms with Gasteiger partial charge < -0.3 is 4.90 Å². The molecule has 0 bridgehead atoms. The molecule has 1 heterocycles. The van der Waals surface area contributed by atoms with Gasteiger partial charge in [0.2, 0.25) is 0 Å². The Morgan fingerprint density at radius 1 is 1.32 bits per heavy atom. The standard InChI is InChI=1S/C15H15ClN2O/c1-11(19)13-6-7-15(17-9-13)18(2)10-12-4-3-5-14(16)8-12/h3-9H,10H2,1-2H3. The van der Waals surface area contributed by atoms with Gasteiger partial charge in [-0.2, -0.15) is 0 Å². The molecule has 0 aliphatic rings. The molecule has 0 atom stereocenters. The van der Waals surface area contributed by atoms with Crippen LogP contribution in [0.3, 0.4) is 0 Å². The summed E-state index contributed by atoms with van der Waals surface area (Å²) < 4.78 is 0. The van der Waals surface area contributed by atoms with Crippen molar-refractivity contribution in [1.82, 2.24) is 4.98 Å². The van der Waals surface area contributed by atoms with E-state index in [0.717, 1.165) is 16.4 Å². The molecule has 1 aromatic carbocycles. The summed E-state index contributed by atoms with van der Waals surface area (Å²) in [5, 5.41) is 0.728. The van der Waals surface area contributed by atoms with E-state index in [1.165, 1.54) is 6.92 Å². The fraction of sp³-hybridized carbons (Fsp3) is 0.200. The highest BCUT2D eigenvalue weighted by atomic mass is 35.5. The number of pyridine rings is 1. The summed E-state index contributed by atoms with van der Waals surface area (Å²) in [7, 11) is 1.96. The average Bonchev–Trinajstić information content (AvgIpc) is 2.39. The largest absolute Gasteiger partial charge is 0.355 e. The molecule has 1 aromatic heterocycles. The van der Waals surface area contributed by atoms with Crippen LogP contribution >= 0.6 is 11.6 Å². The second kappa shape index (κ2) is 5.85. The Morgan fingerprint density at radius 3 is 2.68 bits per heavy atom. The van der Waals surface area contributed by atoms with E-state index in [2.05, 4.69) is 4.98 Å². The molecule has 2 aromatic rings. The second-order valence-electron chi connectivity index (χ2n) is 4.45. The van der Waals surface area contributed by atoms with Gasteiger partial charge in [-0.1, -0.05) is 23.7 Å². The third kappa shape index (κ3) is 3.55. The second-order valence-corrected chi connectivity index (χ2v) is 4.88. The number of carbonyl (C=O) groups is 1. The zero-order valence-corrected chi connectivity index (χ0v) is 11.7. The van der Waals surface area contributed by atoms with E-state index >= 15 is 0 Å². The lowest BCUT2D eigenvalue weighted by Gasteiger charge is -2.18. The first-order valence-corrected chi connectivity index (χ1v) is 6.36. The van der Waals surface area contributed by atoms with Crippen LogP contribution in [0.5, 0.6) is 0 Å². The number of hydrogen-bond acceptors (Lipinski definition) is 3. The number of rotatable bonds is 4. The Bertz CT molecular complexity index is 581. The summed E-state index contributed by atoms with van der Waals surface area (Å²) in [4.78, 5) is 17.5. The minimum atomic E-state index is 0.0246. The number of carbonyl (C=O) groups excluding carboxylic acids is 1. The van der Waals surface area contributed by atoms with Crippen molar-refractivity contribution in [3.05, 3.63) is 58.7 Å². The number of ketones is 1. The molecule has 0 aliphatic heterocycles. The van der Waals surface area contributed by atoms with Crippen LogP contribution in [-0.4, -0.2) is 17.8 Å². The minimum absolute atomic E-state index is 0.0246. The highest BCUT2D eigenvalue weighted by Gasteiger charge is 2.05. The van der Waals surface area contributed by atoms with Crippen LogP contribution in [0.4, 0.5) is 5.82 Å². The van der Waals surface area contributed by atoms with Crippen molar-refractivity contribution in [2.45, 2.75) is 13.5 Å². The van der Waals surface area contributed by atoms with Crippen molar-refractivity contribution >= 4 is 23.2 Å². The van der Waals surface area contributed by atoms with Gasteiger partial charge in [-0.25, -0.2) is 4.98 Å². The number of anilines is 1. The lowest BCUT2D eigenvalue weighted by molar-refractivity contribution is 0.101. The van der Waals surface area contributed by atoms with Crippen LogP contribution < -0.4 is 4.90 Å². The lowest BCUT2D eigenvalue weighted by Crippen LogP contribution is -2.17. The van der Waals surface area contributed by atoms with Crippen LogP contribution in [0.15, 0.2) is 42.6 Å². The molecule has 2 rings (SSSR count). The van der Waals surface area contributed by atoms with Crippen LogP contribution in [0.2, 0.25) is 5.02 Å². The monoisotopic (exact) mass is 274 g/mol. The summed E-state index contributed by atoms with van der Waals surface area (Å²) in [5.74, 6) is 0.849. The maximum atomic E-state index is 11.2. The number of halogens is 1. The van der Waals surface area contributed by atoms with E-state index in [1.54, 1.807) is 12.3 Å². The van der Waals surface area contributed by atoms with Gasteiger partial charge in [0, 0.05) is 30.4 Å². The molecule has 3 nitrogen and oxygen atoms in total. The molecule has 0 aliphatic carbocycles. The van der Waals surface area contributed by atoms with Crippen LogP contribution in [-0.2, 0) is 6.54 Å². The van der Waals surface area contributed by atoms with Crippen molar-refractivity contribution in [2.24, 2.45) is 0 Å². The van der Waals surface area contributed by atoms with E-state index in [-0.39, 0.29) is 5.78 Å². The number of hydrogen-bond donors (Lipinski definition) is 0. The van der Waals surface area contributed by atoms with Crippen molar-refractivity contribution in [1.29, 1.82) is 0 Å². The molecule has 0 saturated heterocycles. The highest BCUT2D eigenvalue weighted by molar-refractivity contribution is 6.30. The molecule has 0 unspecified atom stereocenters. The van der Waals surface area contributed by atoms with E-state index in [4.69, 9.17) is 11.6 Å². The molecule has 0 amide bonds. The lowest BCUT2D eigenvalue weighted by atomic mass is 10.2. The molecule has 0 saturated carbocycles. The summed E-state index contributed by atoms with van der Waals surface area (Å²) in [6.07, 6.45) is 1.60. The zero-order chi connectivity index (χ0) is 13.8. The summed E-state index contributed by atoms with van der Waals surface area (Å²) in [6, 6.07) is 11.4. The van der Waals surface area contributed by atoms with Gasteiger partial charge in [0.1, 0.15) is 5.82 Å². The maximum absolute atomic E-state index is 11.2. The van der Waals surface area contributed by atoms with Crippen molar-refractivity contribution in [2.75, 3.05) is 11.9 Å². The molecule has 0 N–H and O–H groups in total. The Kier molecular flexibility index (Phi) is 4.17. The third-order valence-electron chi connectivity index (χ3n) is 2.85. The Balaban J connectivity index is 2.11. The number of nitrogens with zero attached hydrogens (tertiary/aromatic N) is 2. The highest BCUT2D eigenvalue weighted by Crippen LogP contribution is 2.16. The predicted octanol–water partition coefficient (Wildman–Crippen LogP) is 3.57. The van der Waals surface area contributed by atoms with Gasteiger partial charge in [0.25, 0.3) is 0 Å². The van der Waals surface area contributed by atoms with Crippen molar-refractivity contribution < 1.29 is 4.79 Å². The van der Waals surface area contributed by atoms with E-state index in [9.17, 15) is 4.79 Å². The zero-order valence-electron chi connectivity index (χ0n) is 10.9. The predicted molar refractivity (Wildman–Crippen MR) is 77.8 cm³/mol. The van der Waals surface area contributed by atoms with Crippen LogP contribution in [0.1, 0.15) is 22.8 Å². The fourth-order valence-electron chi connectivity index (χ4n) is 1.81. The Labute approximate surface area is 117 Å². The first-order valence-electron chi connectivity index (χ1n) is 5.99. The maximum Gasteiger partial charge on any atom is 0.161 e. The van der Waals surface area contributed by atoms with Gasteiger partial charge in [0.05, 0.1) is 0 Å². The van der Waals surface area contributed by atoms with Gasteiger partial charge in [-0.3, -0.25) is 4.79 Å². The molecule has 19 heavy (non-hydrogen) atoms. The molecule has 0 fully saturated rings. The van der Waals surface area contributed by atoms with E-state index in [1.807, 2.05) is 42.3 Å². The first-order chi connectivity index (χ1) is 9.06.